The lowest BCUT2D eigenvalue weighted by atomic mass is 10.1. The molecule has 2 atom stereocenters. The van der Waals surface area contributed by atoms with Crippen molar-refractivity contribution < 1.29 is 26.2 Å². The number of nitrogens with one attached hydrogen (secondary N) is 1. The second-order valence-electron chi connectivity index (χ2n) is 6.93. The van der Waals surface area contributed by atoms with E-state index in [-0.39, 0.29) is 16.3 Å². The zero-order valence-electron chi connectivity index (χ0n) is 15.3. The zero-order chi connectivity index (χ0) is 22.1. The summed E-state index contributed by atoms with van der Waals surface area (Å²) in [6, 6.07) is 2.33. The fourth-order valence-electron chi connectivity index (χ4n) is 2.19. The predicted octanol–water partition coefficient (Wildman–Crippen LogP) is 5.88. The molecule has 0 spiro atoms. The Bertz CT molecular complexity index is 919. The average molecular weight is 476 g/mol. The third-order valence-electron chi connectivity index (χ3n) is 3.64. The Labute approximate surface area is 176 Å². The minimum absolute atomic E-state index is 0.0278. The topological polar surface area (TPSA) is 54.9 Å². The average Bonchev–Trinajstić information content (AvgIpc) is 2.57. The van der Waals surface area contributed by atoms with Gasteiger partial charge in [-0.1, -0.05) is 23.2 Å². The van der Waals surface area contributed by atoms with E-state index < -0.39 is 50.8 Å². The molecule has 0 aliphatic rings. The number of alkyl halides is 5. The Kier molecular flexibility index (Phi) is 7.25. The largest absolute Gasteiger partial charge is 0.434 e. The van der Waals surface area contributed by atoms with Gasteiger partial charge >= 0.3 is 6.18 Å². The Balaban J connectivity index is 2.59. The summed E-state index contributed by atoms with van der Waals surface area (Å²) < 4.78 is 79.7. The van der Waals surface area contributed by atoms with Crippen LogP contribution in [-0.2, 0) is 17.2 Å². The van der Waals surface area contributed by atoms with Crippen LogP contribution < -0.4 is 4.72 Å². The fraction of sp³-hybridized carbons (Fsp3) is 0.412. The van der Waals surface area contributed by atoms with Gasteiger partial charge in [0.25, 0.3) is 6.43 Å². The predicted molar refractivity (Wildman–Crippen MR) is 101 cm³/mol. The molecule has 0 fully saturated rings. The maximum atomic E-state index is 13.2. The molecule has 2 heterocycles. The minimum atomic E-state index is -4.77. The first-order valence-electron chi connectivity index (χ1n) is 8.07. The van der Waals surface area contributed by atoms with Crippen LogP contribution in [0.25, 0.3) is 0 Å². The molecular formula is C17H16Cl2F5N3OS. The maximum absolute atomic E-state index is 13.2. The molecule has 0 aliphatic carbocycles. The molecule has 0 aromatic carbocycles. The summed E-state index contributed by atoms with van der Waals surface area (Å²) >= 11 is 11.5. The number of halogens is 7. The number of hydrogen-bond donors (Lipinski definition) is 1. The van der Waals surface area contributed by atoms with E-state index >= 15 is 0 Å². The molecule has 2 unspecified atom stereocenters. The number of pyridine rings is 2. The lowest BCUT2D eigenvalue weighted by molar-refractivity contribution is -0.141. The third-order valence-corrected chi connectivity index (χ3v) is 5.81. The van der Waals surface area contributed by atoms with Gasteiger partial charge in [0.1, 0.15) is 5.69 Å². The molecule has 0 aliphatic heterocycles. The molecule has 4 nitrogen and oxygen atoms in total. The molecule has 29 heavy (non-hydrogen) atoms. The van der Waals surface area contributed by atoms with Gasteiger partial charge in [-0.25, -0.2) is 27.7 Å². The van der Waals surface area contributed by atoms with Crippen molar-refractivity contribution in [2.24, 2.45) is 0 Å². The molecule has 12 heteroatoms. The fourth-order valence-corrected chi connectivity index (χ4v) is 3.48. The van der Waals surface area contributed by atoms with Gasteiger partial charge in [0.05, 0.1) is 37.5 Å². The van der Waals surface area contributed by atoms with Gasteiger partial charge in [0.15, 0.2) is 5.69 Å². The summed E-state index contributed by atoms with van der Waals surface area (Å²) in [6.45, 7) is 4.97. The number of aromatic nitrogens is 2. The maximum Gasteiger partial charge on any atom is 0.434 e. The molecule has 0 amide bonds. The van der Waals surface area contributed by atoms with Gasteiger partial charge in [-0.05, 0) is 44.5 Å². The monoisotopic (exact) mass is 475 g/mol. The van der Waals surface area contributed by atoms with Crippen LogP contribution in [0.5, 0.6) is 0 Å². The minimum Gasteiger partial charge on any atom is -0.250 e. The summed E-state index contributed by atoms with van der Waals surface area (Å²) in [7, 11) is -1.72. The highest BCUT2D eigenvalue weighted by atomic mass is 35.5. The first kappa shape index (κ1) is 23.9. The van der Waals surface area contributed by atoms with E-state index in [9.17, 15) is 26.2 Å². The Hall–Kier alpha value is -1.36. The zero-order valence-corrected chi connectivity index (χ0v) is 17.6. The molecule has 2 aromatic rings. The number of hydrogen-bond acceptors (Lipinski definition) is 3. The lowest BCUT2D eigenvalue weighted by Gasteiger charge is -2.25. The van der Waals surface area contributed by atoms with Gasteiger partial charge in [0.2, 0.25) is 0 Å². The van der Waals surface area contributed by atoms with E-state index in [1.54, 1.807) is 20.8 Å². The van der Waals surface area contributed by atoms with Crippen LogP contribution in [0.3, 0.4) is 0 Å². The summed E-state index contributed by atoms with van der Waals surface area (Å²) in [5, 5.41) is -0.964. The highest BCUT2D eigenvalue weighted by Gasteiger charge is 2.36. The smallest absolute Gasteiger partial charge is 0.250 e. The molecule has 160 valence electrons. The SMILES string of the molecule is CC(C)(C)S(=O)NC(c1cnc(C(F)(F)F)c(Cl)c1)c1ccc(Cl)c(C(F)F)n1. The van der Waals surface area contributed by atoms with Crippen molar-refractivity contribution in [3.05, 3.63) is 57.1 Å². The first-order valence-corrected chi connectivity index (χ1v) is 9.97. The third kappa shape index (κ3) is 5.84. The molecule has 1 N–H and O–H groups in total. The van der Waals surface area contributed by atoms with Crippen molar-refractivity contribution in [2.45, 2.75) is 44.2 Å². The van der Waals surface area contributed by atoms with Crippen molar-refractivity contribution in [1.82, 2.24) is 14.7 Å². The van der Waals surface area contributed by atoms with Crippen LogP contribution in [0, 0.1) is 0 Å². The van der Waals surface area contributed by atoms with Crippen LogP contribution in [0.2, 0.25) is 10.0 Å². The van der Waals surface area contributed by atoms with E-state index in [2.05, 4.69) is 14.7 Å². The van der Waals surface area contributed by atoms with E-state index in [4.69, 9.17) is 23.2 Å². The second kappa shape index (κ2) is 8.79. The Morgan fingerprint density at radius 3 is 2.21 bits per heavy atom. The Morgan fingerprint density at radius 1 is 1.10 bits per heavy atom. The molecule has 0 saturated heterocycles. The lowest BCUT2D eigenvalue weighted by Crippen LogP contribution is -2.36. The van der Waals surface area contributed by atoms with Crippen molar-refractivity contribution in [2.75, 3.05) is 0 Å². The molecule has 2 aromatic heterocycles. The second-order valence-corrected chi connectivity index (χ2v) is 9.74. The quantitative estimate of drug-likeness (QED) is 0.549. The molecule has 0 saturated carbocycles. The molecule has 2 rings (SSSR count). The summed E-state index contributed by atoms with van der Waals surface area (Å²) in [5.74, 6) is 0. The highest BCUT2D eigenvalue weighted by molar-refractivity contribution is 7.84. The molecule has 0 bridgehead atoms. The highest BCUT2D eigenvalue weighted by Crippen LogP contribution is 2.35. The molecular weight excluding hydrogens is 460 g/mol. The number of nitrogens with zero attached hydrogens (tertiary/aromatic N) is 2. The van der Waals surface area contributed by atoms with E-state index in [0.717, 1.165) is 12.3 Å². The van der Waals surface area contributed by atoms with Gasteiger partial charge in [-0.2, -0.15) is 13.2 Å². The van der Waals surface area contributed by atoms with Crippen LogP contribution in [0.1, 0.15) is 55.9 Å². The van der Waals surface area contributed by atoms with Crippen LogP contribution in [0.15, 0.2) is 24.4 Å². The summed E-state index contributed by atoms with van der Waals surface area (Å²) in [6.07, 6.45) is -6.87. The van der Waals surface area contributed by atoms with Gasteiger partial charge in [0, 0.05) is 6.20 Å². The van der Waals surface area contributed by atoms with E-state index in [1.807, 2.05) is 0 Å². The van der Waals surface area contributed by atoms with Crippen molar-refractivity contribution in [3.63, 3.8) is 0 Å². The standard InChI is InChI=1S/C17H16Cl2F5N3OS/c1-16(2,3)29(28)27-12(11-5-4-9(18)13(26-11)15(20)21)8-6-10(19)14(25-7-8)17(22,23)24/h4-7,12,15,27H,1-3H3. The van der Waals surface area contributed by atoms with E-state index in [0.29, 0.717) is 0 Å². The van der Waals surface area contributed by atoms with Crippen LogP contribution in [0.4, 0.5) is 22.0 Å². The Morgan fingerprint density at radius 2 is 1.72 bits per heavy atom. The van der Waals surface area contributed by atoms with Crippen molar-refractivity contribution in [1.29, 1.82) is 0 Å². The molecule has 0 radical (unpaired) electrons. The number of rotatable bonds is 5. The first-order chi connectivity index (χ1) is 13.2. The van der Waals surface area contributed by atoms with Crippen molar-refractivity contribution >= 4 is 34.2 Å². The van der Waals surface area contributed by atoms with Gasteiger partial charge in [-0.15, -0.1) is 0 Å². The summed E-state index contributed by atoms with van der Waals surface area (Å²) in [4.78, 5) is 7.16. The normalized spacial score (nSPS) is 14.9. The van der Waals surface area contributed by atoms with Crippen molar-refractivity contribution in [3.8, 4) is 0 Å². The van der Waals surface area contributed by atoms with E-state index in [1.165, 1.54) is 12.1 Å². The van der Waals surface area contributed by atoms with Crippen LogP contribution in [-0.4, -0.2) is 18.9 Å². The van der Waals surface area contributed by atoms with Gasteiger partial charge < -0.3 is 0 Å². The van der Waals surface area contributed by atoms with Crippen LogP contribution >= 0.6 is 23.2 Å². The van der Waals surface area contributed by atoms with Gasteiger partial charge in [-0.3, -0.25) is 0 Å². The summed E-state index contributed by atoms with van der Waals surface area (Å²) in [5.41, 5.74) is -1.96.